The molecule has 0 amide bonds. The first-order chi connectivity index (χ1) is 12.0. The van der Waals surface area contributed by atoms with Crippen LogP contribution >= 0.6 is 0 Å². The molecule has 1 aliphatic heterocycles. The first kappa shape index (κ1) is 16.0. The van der Waals surface area contributed by atoms with Crippen LogP contribution in [0.4, 0.5) is 0 Å². The van der Waals surface area contributed by atoms with Crippen molar-refractivity contribution in [3.8, 4) is 11.4 Å². The second-order valence-electron chi connectivity index (χ2n) is 6.05. The van der Waals surface area contributed by atoms with Gasteiger partial charge in [-0.1, -0.05) is 35.5 Å². The maximum Gasteiger partial charge on any atom is 0.262 e. The Kier molecular flexibility index (Phi) is 3.89. The Labute approximate surface area is 145 Å². The summed E-state index contributed by atoms with van der Waals surface area (Å²) in [4.78, 5) is 8.39. The summed E-state index contributed by atoms with van der Waals surface area (Å²) < 4.78 is 33.7. The van der Waals surface area contributed by atoms with Crippen LogP contribution in [0, 0.1) is 0 Å². The van der Waals surface area contributed by atoms with Crippen LogP contribution < -0.4 is 0 Å². The Morgan fingerprint density at radius 3 is 2.76 bits per heavy atom. The second-order valence-corrected chi connectivity index (χ2v) is 7.93. The third-order valence-corrected chi connectivity index (χ3v) is 6.01. The highest BCUT2D eigenvalue weighted by Gasteiger charge is 2.36. The maximum atomic E-state index is 12.6. The lowest BCUT2D eigenvalue weighted by Gasteiger charge is -2.13. The monoisotopic (exact) mass is 359 g/mol. The molecule has 0 bridgehead atoms. The topological polar surface area (TPSA) is 94.1 Å². The van der Waals surface area contributed by atoms with E-state index in [0.717, 1.165) is 5.56 Å². The van der Waals surface area contributed by atoms with Gasteiger partial charge in [-0.15, -0.1) is 0 Å². The lowest BCUT2D eigenvalue weighted by molar-refractivity contribution is 0.354. The van der Waals surface area contributed by atoms with E-state index in [4.69, 9.17) is 4.52 Å². The molecule has 3 aromatic rings. The number of hydrogen-bond donors (Lipinski definition) is 0. The molecule has 1 fully saturated rings. The van der Waals surface area contributed by atoms with Crippen molar-refractivity contribution in [2.24, 2.45) is 7.05 Å². The molecule has 9 heteroatoms. The minimum absolute atomic E-state index is 0.0613. The number of rotatable bonds is 4. The van der Waals surface area contributed by atoms with Crippen LogP contribution in [0.1, 0.15) is 18.2 Å². The zero-order chi connectivity index (χ0) is 17.4. The molecular weight excluding hydrogens is 342 g/mol. The van der Waals surface area contributed by atoms with Crippen molar-refractivity contribution in [3.05, 3.63) is 48.7 Å². The Balaban J connectivity index is 1.52. The van der Waals surface area contributed by atoms with Crippen LogP contribution in [-0.2, 0) is 17.1 Å². The van der Waals surface area contributed by atoms with Crippen molar-refractivity contribution in [2.45, 2.75) is 17.4 Å². The summed E-state index contributed by atoms with van der Waals surface area (Å²) in [5.41, 5.74) is 0.869. The highest BCUT2D eigenvalue weighted by Crippen LogP contribution is 2.30. The number of imidazole rings is 1. The molecule has 1 atom stereocenters. The van der Waals surface area contributed by atoms with Gasteiger partial charge < -0.3 is 9.09 Å². The van der Waals surface area contributed by atoms with Crippen LogP contribution in [-0.4, -0.2) is 45.5 Å². The van der Waals surface area contributed by atoms with E-state index >= 15 is 0 Å². The van der Waals surface area contributed by atoms with E-state index in [1.165, 1.54) is 16.8 Å². The van der Waals surface area contributed by atoms with E-state index in [1.807, 2.05) is 30.3 Å². The maximum absolute atomic E-state index is 12.6. The molecule has 4 rings (SSSR count). The zero-order valence-corrected chi connectivity index (χ0v) is 14.4. The van der Waals surface area contributed by atoms with Crippen molar-refractivity contribution in [1.82, 2.24) is 24.0 Å². The van der Waals surface area contributed by atoms with E-state index in [1.54, 1.807) is 11.6 Å². The lowest BCUT2D eigenvalue weighted by Crippen LogP contribution is -2.29. The number of aryl methyl sites for hydroxylation is 1. The molecule has 25 heavy (non-hydrogen) atoms. The van der Waals surface area contributed by atoms with E-state index in [0.29, 0.717) is 31.2 Å². The number of aromatic nitrogens is 4. The van der Waals surface area contributed by atoms with Gasteiger partial charge in [-0.25, -0.2) is 13.4 Å². The molecule has 0 N–H and O–H groups in total. The molecule has 1 aromatic carbocycles. The second kappa shape index (κ2) is 6.08. The van der Waals surface area contributed by atoms with Gasteiger partial charge in [-0.2, -0.15) is 9.29 Å². The average Bonchev–Trinajstić information content (AvgIpc) is 3.35. The molecule has 0 unspecified atom stereocenters. The van der Waals surface area contributed by atoms with E-state index in [9.17, 15) is 8.42 Å². The number of benzene rings is 1. The molecule has 130 valence electrons. The van der Waals surface area contributed by atoms with Gasteiger partial charge in [0.15, 0.2) is 5.03 Å². The molecule has 2 aromatic heterocycles. The Bertz CT molecular complexity index is 980. The minimum Gasteiger partial charge on any atom is -0.339 e. The molecule has 1 saturated heterocycles. The quantitative estimate of drug-likeness (QED) is 0.703. The minimum atomic E-state index is -3.59. The third kappa shape index (κ3) is 2.96. The van der Waals surface area contributed by atoms with Crippen LogP contribution in [0.2, 0.25) is 0 Å². The Morgan fingerprint density at radius 1 is 1.24 bits per heavy atom. The zero-order valence-electron chi connectivity index (χ0n) is 13.6. The predicted octanol–water partition coefficient (Wildman–Crippen LogP) is 1.65. The van der Waals surface area contributed by atoms with Gasteiger partial charge in [-0.3, -0.25) is 0 Å². The largest absolute Gasteiger partial charge is 0.339 e. The van der Waals surface area contributed by atoms with Crippen molar-refractivity contribution in [2.75, 3.05) is 13.1 Å². The first-order valence-corrected chi connectivity index (χ1v) is 9.35. The smallest absolute Gasteiger partial charge is 0.262 e. The van der Waals surface area contributed by atoms with E-state index in [-0.39, 0.29) is 10.9 Å². The molecule has 0 radical (unpaired) electrons. The predicted molar refractivity (Wildman–Crippen MR) is 89.1 cm³/mol. The Morgan fingerprint density at radius 2 is 2.04 bits per heavy atom. The summed E-state index contributed by atoms with van der Waals surface area (Å²) in [7, 11) is -1.85. The van der Waals surface area contributed by atoms with E-state index in [2.05, 4.69) is 15.1 Å². The summed E-state index contributed by atoms with van der Waals surface area (Å²) in [6, 6.07) is 9.54. The normalized spacial score (nSPS) is 18.7. The first-order valence-electron chi connectivity index (χ1n) is 7.91. The van der Waals surface area contributed by atoms with Gasteiger partial charge in [0, 0.05) is 31.9 Å². The number of sulfonamides is 1. The molecule has 1 aliphatic rings. The van der Waals surface area contributed by atoms with Gasteiger partial charge in [-0.05, 0) is 6.42 Å². The third-order valence-electron chi connectivity index (χ3n) is 4.26. The van der Waals surface area contributed by atoms with Crippen molar-refractivity contribution in [1.29, 1.82) is 0 Å². The summed E-state index contributed by atoms with van der Waals surface area (Å²) >= 11 is 0. The lowest BCUT2D eigenvalue weighted by atomic mass is 10.1. The molecule has 0 saturated carbocycles. The SMILES string of the molecule is Cn1cnc(S(=O)(=O)N2CC[C@@H](c3nc(-c4ccccc4)no3)C2)c1. The number of hydrogen-bond acceptors (Lipinski definition) is 6. The van der Waals surface area contributed by atoms with Gasteiger partial charge >= 0.3 is 0 Å². The van der Waals surface area contributed by atoms with Crippen LogP contribution in [0.5, 0.6) is 0 Å². The summed E-state index contributed by atoms with van der Waals surface area (Å²) in [6.45, 7) is 0.724. The number of nitrogens with zero attached hydrogens (tertiary/aromatic N) is 5. The fourth-order valence-electron chi connectivity index (χ4n) is 2.91. The molecule has 3 heterocycles. The highest BCUT2D eigenvalue weighted by molar-refractivity contribution is 7.89. The molecular formula is C16H17N5O3S. The van der Waals surface area contributed by atoms with Gasteiger partial charge in [0.25, 0.3) is 10.0 Å². The molecule has 0 spiro atoms. The van der Waals surface area contributed by atoms with E-state index < -0.39 is 10.0 Å². The highest BCUT2D eigenvalue weighted by atomic mass is 32.2. The van der Waals surface area contributed by atoms with Crippen molar-refractivity contribution >= 4 is 10.0 Å². The van der Waals surface area contributed by atoms with Crippen LogP contribution in [0.15, 0.2) is 52.4 Å². The standard InChI is InChI=1S/C16H17N5O3S/c1-20-10-14(17-11-20)25(22,23)21-8-7-13(9-21)16-18-15(19-24-16)12-5-3-2-4-6-12/h2-6,10-11,13H,7-9H2,1H3/t13-/m1/s1. The fourth-order valence-corrected chi connectivity index (χ4v) is 4.37. The Hall–Kier alpha value is -2.52. The summed E-state index contributed by atoms with van der Waals surface area (Å²) in [6.07, 6.45) is 3.62. The van der Waals surface area contributed by atoms with Crippen LogP contribution in [0.3, 0.4) is 0 Å². The summed E-state index contributed by atoms with van der Waals surface area (Å²) in [5, 5.41) is 4.07. The van der Waals surface area contributed by atoms with Crippen molar-refractivity contribution < 1.29 is 12.9 Å². The summed E-state index contributed by atoms with van der Waals surface area (Å²) in [5.74, 6) is 0.877. The van der Waals surface area contributed by atoms with Gasteiger partial charge in [0.05, 0.1) is 12.2 Å². The average molecular weight is 359 g/mol. The molecule has 8 nitrogen and oxygen atoms in total. The van der Waals surface area contributed by atoms with Gasteiger partial charge in [0.1, 0.15) is 0 Å². The molecule has 0 aliphatic carbocycles. The fraction of sp³-hybridized carbons (Fsp3) is 0.312. The van der Waals surface area contributed by atoms with Crippen molar-refractivity contribution in [3.63, 3.8) is 0 Å². The van der Waals surface area contributed by atoms with Crippen LogP contribution in [0.25, 0.3) is 11.4 Å². The van der Waals surface area contributed by atoms with Gasteiger partial charge in [0.2, 0.25) is 11.7 Å².